The van der Waals surface area contributed by atoms with Crippen molar-refractivity contribution in [2.24, 2.45) is 11.3 Å². The smallest absolute Gasteiger partial charge is 0.248 e. The molecule has 3 N–H and O–H groups in total. The zero-order valence-corrected chi connectivity index (χ0v) is 19.5. The molecule has 1 aromatic carbocycles. The number of carbonyl (C=O) groups excluding carboxylic acids is 1. The van der Waals surface area contributed by atoms with Crippen LogP contribution >= 0.6 is 0 Å². The second-order valence-corrected chi connectivity index (χ2v) is 9.20. The average Bonchev–Trinajstić information content (AvgIpc) is 3.62. The number of allylic oxidation sites excluding steroid dienone is 2. The van der Waals surface area contributed by atoms with Crippen molar-refractivity contribution in [1.82, 2.24) is 20.9 Å². The number of benzene rings is 1. The van der Waals surface area contributed by atoms with Crippen LogP contribution in [0.3, 0.4) is 0 Å². The van der Waals surface area contributed by atoms with Gasteiger partial charge >= 0.3 is 0 Å². The lowest BCUT2D eigenvalue weighted by molar-refractivity contribution is -0.133. The van der Waals surface area contributed by atoms with Crippen LogP contribution in [0.2, 0.25) is 0 Å². The molecule has 1 aromatic rings. The van der Waals surface area contributed by atoms with Crippen LogP contribution in [0.1, 0.15) is 50.7 Å². The fourth-order valence-corrected chi connectivity index (χ4v) is 5.05. The van der Waals surface area contributed by atoms with Crippen molar-refractivity contribution in [3.63, 3.8) is 0 Å². The van der Waals surface area contributed by atoms with E-state index in [1.54, 1.807) is 11.0 Å². The van der Waals surface area contributed by atoms with E-state index in [2.05, 4.69) is 22.0 Å². The number of rotatable bonds is 8. The van der Waals surface area contributed by atoms with Crippen LogP contribution in [0.15, 0.2) is 48.4 Å². The number of halogens is 1. The fraction of sp³-hybridized carbons (Fsp3) is 0.462. The Balaban J connectivity index is 1.48. The first-order chi connectivity index (χ1) is 15.9. The van der Waals surface area contributed by atoms with Gasteiger partial charge in [-0.2, -0.15) is 5.26 Å². The Morgan fingerprint density at radius 2 is 2.18 bits per heavy atom. The third-order valence-corrected chi connectivity index (χ3v) is 6.83. The number of nitrogens with zero attached hydrogens (tertiary/aromatic N) is 2. The fourth-order valence-electron chi connectivity index (χ4n) is 5.05. The third kappa shape index (κ3) is 4.53. The van der Waals surface area contributed by atoms with Crippen LogP contribution < -0.4 is 16.0 Å². The molecule has 6 nitrogen and oxygen atoms in total. The van der Waals surface area contributed by atoms with Gasteiger partial charge in [0, 0.05) is 25.3 Å². The van der Waals surface area contributed by atoms with Gasteiger partial charge in [-0.1, -0.05) is 6.92 Å². The first-order valence-corrected chi connectivity index (χ1v) is 11.7. The molecule has 174 valence electrons. The summed E-state index contributed by atoms with van der Waals surface area (Å²) < 4.78 is 14.3. The minimum absolute atomic E-state index is 0.0235. The van der Waals surface area contributed by atoms with Crippen molar-refractivity contribution in [3.8, 4) is 6.07 Å². The molecule has 1 aliphatic carbocycles. The molecular formula is C26H32FN5O. The molecule has 3 aliphatic rings. The summed E-state index contributed by atoms with van der Waals surface area (Å²) in [6.45, 7) is 4.52. The first-order valence-electron chi connectivity index (χ1n) is 11.7. The third-order valence-electron chi connectivity index (χ3n) is 6.83. The molecular weight excluding hydrogens is 417 g/mol. The molecule has 0 aromatic heterocycles. The van der Waals surface area contributed by atoms with Crippen LogP contribution in [0.25, 0.3) is 5.57 Å². The first kappa shape index (κ1) is 23.1. The van der Waals surface area contributed by atoms with Gasteiger partial charge < -0.3 is 15.5 Å². The van der Waals surface area contributed by atoms with Gasteiger partial charge in [0.05, 0.1) is 12.2 Å². The Bertz CT molecular complexity index is 1050. The number of amides is 1. The van der Waals surface area contributed by atoms with Gasteiger partial charge in [0.2, 0.25) is 5.91 Å². The minimum Gasteiger partial charge on any atom is -0.394 e. The lowest BCUT2D eigenvalue weighted by Crippen LogP contribution is -2.42. The van der Waals surface area contributed by atoms with Gasteiger partial charge in [0.1, 0.15) is 11.2 Å². The van der Waals surface area contributed by atoms with Crippen LogP contribution in [-0.4, -0.2) is 30.1 Å². The Morgan fingerprint density at radius 1 is 1.39 bits per heavy atom. The number of hydrogen-bond donors (Lipinski definition) is 3. The molecule has 0 radical (unpaired) electrons. The second kappa shape index (κ2) is 9.40. The monoisotopic (exact) mass is 449 g/mol. The molecule has 4 rings (SSSR count). The Kier molecular flexibility index (Phi) is 6.57. The molecule has 1 saturated heterocycles. The van der Waals surface area contributed by atoms with Gasteiger partial charge in [-0.15, -0.1) is 0 Å². The van der Waals surface area contributed by atoms with E-state index in [9.17, 15) is 14.4 Å². The normalized spacial score (nSPS) is 27.2. The van der Waals surface area contributed by atoms with E-state index in [1.165, 1.54) is 6.07 Å². The molecule has 2 fully saturated rings. The van der Waals surface area contributed by atoms with E-state index in [1.807, 2.05) is 51.5 Å². The summed E-state index contributed by atoms with van der Waals surface area (Å²) in [6, 6.07) is 7.42. The van der Waals surface area contributed by atoms with E-state index in [4.69, 9.17) is 0 Å². The largest absolute Gasteiger partial charge is 0.394 e. The van der Waals surface area contributed by atoms with Crippen molar-refractivity contribution < 1.29 is 9.18 Å². The number of carbonyl (C=O) groups is 1. The predicted molar refractivity (Wildman–Crippen MR) is 126 cm³/mol. The maximum atomic E-state index is 14.3. The van der Waals surface area contributed by atoms with Gasteiger partial charge in [0.15, 0.2) is 0 Å². The maximum Gasteiger partial charge on any atom is 0.248 e. The molecule has 0 spiro atoms. The number of nitriles is 1. The number of nitrogens with one attached hydrogen (secondary N) is 3. The van der Waals surface area contributed by atoms with E-state index in [-0.39, 0.29) is 29.8 Å². The van der Waals surface area contributed by atoms with Gasteiger partial charge in [-0.05, 0) is 98.0 Å². The van der Waals surface area contributed by atoms with Crippen molar-refractivity contribution in [2.45, 2.75) is 58.3 Å². The van der Waals surface area contributed by atoms with Crippen molar-refractivity contribution >= 4 is 11.5 Å². The topological polar surface area (TPSA) is 80.2 Å². The molecule has 7 heteroatoms. The highest BCUT2D eigenvalue weighted by Crippen LogP contribution is 2.53. The molecule has 0 bridgehead atoms. The average molecular weight is 450 g/mol. The summed E-state index contributed by atoms with van der Waals surface area (Å²) >= 11 is 0. The number of hydrogen-bond acceptors (Lipinski definition) is 5. The molecule has 1 amide bonds. The molecule has 3 atom stereocenters. The standard InChI is InChI=1S/C26H32FN5O/c1-4-19(15-29-3)20-9-18(10-22(27)11-20)14-31-24-12-23(7-8-30-24)32-17(2)13-26(16-28,25(32)33)21-5-6-21/h7-12,15,17,21,24,29-31H,4-6,13-14H2,1-3H3/b19-15+/t17-,24?,26+/m0/s1. The minimum atomic E-state index is -0.877. The highest BCUT2D eigenvalue weighted by Gasteiger charge is 2.59. The Labute approximate surface area is 195 Å². The molecule has 33 heavy (non-hydrogen) atoms. The predicted octanol–water partition coefficient (Wildman–Crippen LogP) is 3.75. The van der Waals surface area contributed by atoms with E-state index in [0.29, 0.717) is 13.0 Å². The summed E-state index contributed by atoms with van der Waals surface area (Å²) in [6.07, 6.45) is 10.6. The molecule has 1 unspecified atom stereocenters. The van der Waals surface area contributed by atoms with Gasteiger partial charge in [-0.3, -0.25) is 10.1 Å². The highest BCUT2D eigenvalue weighted by molar-refractivity contribution is 5.90. The van der Waals surface area contributed by atoms with Crippen LogP contribution in [0.5, 0.6) is 0 Å². The molecule has 2 heterocycles. The van der Waals surface area contributed by atoms with Crippen molar-refractivity contribution in [3.05, 3.63) is 65.4 Å². The van der Waals surface area contributed by atoms with E-state index < -0.39 is 5.41 Å². The lowest BCUT2D eigenvalue weighted by Gasteiger charge is -2.28. The lowest BCUT2D eigenvalue weighted by atomic mass is 9.81. The van der Waals surface area contributed by atoms with E-state index >= 15 is 0 Å². The summed E-state index contributed by atoms with van der Waals surface area (Å²) in [5.74, 6) is -0.151. The quantitative estimate of drug-likeness (QED) is 0.563. The zero-order chi connectivity index (χ0) is 23.6. The number of likely N-dealkylation sites (tertiary alicyclic amines) is 1. The van der Waals surface area contributed by atoms with Gasteiger partial charge in [-0.25, -0.2) is 4.39 Å². The van der Waals surface area contributed by atoms with Crippen molar-refractivity contribution in [2.75, 3.05) is 7.05 Å². The van der Waals surface area contributed by atoms with Crippen LogP contribution in [0.4, 0.5) is 4.39 Å². The molecule has 1 saturated carbocycles. The zero-order valence-electron chi connectivity index (χ0n) is 19.5. The SMILES string of the molecule is CC/C(=C\NC)c1cc(F)cc(CNC2C=C(N3C(=O)[C@](C#N)(C4CC4)C[C@@H]3C)C=CN2)c1. The van der Waals surface area contributed by atoms with Crippen LogP contribution in [-0.2, 0) is 11.3 Å². The molecule has 2 aliphatic heterocycles. The Hall–Kier alpha value is -3.11. The number of dihydropyridines is 1. The summed E-state index contributed by atoms with van der Waals surface area (Å²) in [5.41, 5.74) is 2.66. The second-order valence-electron chi connectivity index (χ2n) is 9.20. The highest BCUT2D eigenvalue weighted by atomic mass is 19.1. The van der Waals surface area contributed by atoms with Gasteiger partial charge in [0.25, 0.3) is 0 Å². The summed E-state index contributed by atoms with van der Waals surface area (Å²) in [4.78, 5) is 15.1. The van der Waals surface area contributed by atoms with Crippen molar-refractivity contribution in [1.29, 1.82) is 5.26 Å². The van der Waals surface area contributed by atoms with E-state index in [0.717, 1.165) is 41.7 Å². The maximum absolute atomic E-state index is 14.3. The summed E-state index contributed by atoms with van der Waals surface area (Å²) in [5, 5.41) is 19.5. The Morgan fingerprint density at radius 3 is 2.85 bits per heavy atom. The van der Waals surface area contributed by atoms with Crippen LogP contribution in [0, 0.1) is 28.5 Å². The summed E-state index contributed by atoms with van der Waals surface area (Å²) in [7, 11) is 1.83.